The minimum Gasteiger partial charge on any atom is -0.444 e. The Morgan fingerprint density at radius 2 is 1.70 bits per heavy atom. The van der Waals surface area contributed by atoms with Gasteiger partial charge >= 0.3 is 17.7 Å². The quantitative estimate of drug-likeness (QED) is 0.254. The topological polar surface area (TPSA) is 94.8 Å². The Morgan fingerprint density at radius 3 is 2.39 bits per heavy atom. The molecule has 0 spiro atoms. The number of hydrogen-bond acceptors (Lipinski definition) is 6. The fourth-order valence-corrected chi connectivity index (χ4v) is 4.27. The van der Waals surface area contributed by atoms with Gasteiger partial charge in [-0.05, 0) is 76.0 Å². The summed E-state index contributed by atoms with van der Waals surface area (Å²) in [6.07, 6.45) is 2.64. The maximum Gasteiger partial charge on any atom is 0.407 e. The molecule has 1 fully saturated rings. The Bertz CT molecular complexity index is 1230. The van der Waals surface area contributed by atoms with E-state index in [2.05, 4.69) is 5.32 Å². The van der Waals surface area contributed by atoms with E-state index in [0.29, 0.717) is 42.0 Å². The molecule has 1 aromatic heterocycles. The molecule has 2 aromatic carbocycles. The van der Waals surface area contributed by atoms with Gasteiger partial charge in [-0.1, -0.05) is 18.2 Å². The first-order chi connectivity index (χ1) is 15.7. The highest BCUT2D eigenvalue weighted by Crippen LogP contribution is 2.31. The van der Waals surface area contributed by atoms with Crippen LogP contribution >= 0.6 is 0 Å². The van der Waals surface area contributed by atoms with Crippen LogP contribution in [0, 0.1) is 11.8 Å². The molecule has 7 heteroatoms. The van der Waals surface area contributed by atoms with Crippen LogP contribution in [0.25, 0.3) is 21.7 Å². The summed E-state index contributed by atoms with van der Waals surface area (Å²) in [4.78, 5) is 36.8. The van der Waals surface area contributed by atoms with Crippen LogP contribution in [0.15, 0.2) is 51.7 Å². The molecule has 7 nitrogen and oxygen atoms in total. The van der Waals surface area contributed by atoms with Gasteiger partial charge in [0, 0.05) is 18.0 Å². The van der Waals surface area contributed by atoms with Crippen molar-refractivity contribution in [1.82, 2.24) is 5.32 Å². The number of benzene rings is 2. The second kappa shape index (κ2) is 9.25. The summed E-state index contributed by atoms with van der Waals surface area (Å²) in [7, 11) is 0. The number of alkyl carbamates (subject to hydrolysis) is 1. The molecule has 0 radical (unpaired) electrons. The molecule has 1 aliphatic rings. The monoisotopic (exact) mass is 451 g/mol. The van der Waals surface area contributed by atoms with E-state index in [9.17, 15) is 14.4 Å². The number of esters is 1. The number of carbonyl (C=O) groups is 2. The summed E-state index contributed by atoms with van der Waals surface area (Å²) < 4.78 is 16.3. The fourth-order valence-electron chi connectivity index (χ4n) is 4.27. The second-order valence-electron chi connectivity index (χ2n) is 9.61. The van der Waals surface area contributed by atoms with E-state index in [4.69, 9.17) is 13.9 Å². The Hall–Kier alpha value is -3.35. The number of amides is 1. The molecule has 0 saturated heterocycles. The van der Waals surface area contributed by atoms with Crippen molar-refractivity contribution in [2.24, 2.45) is 11.8 Å². The summed E-state index contributed by atoms with van der Waals surface area (Å²) in [5.74, 6) is 0.197. The normalized spacial score (nSPS) is 18.8. The van der Waals surface area contributed by atoms with Gasteiger partial charge in [-0.15, -0.1) is 0 Å². The summed E-state index contributed by atoms with van der Waals surface area (Å²) in [5.41, 5.74) is -0.551. The Morgan fingerprint density at radius 1 is 1.00 bits per heavy atom. The van der Waals surface area contributed by atoms with E-state index in [-0.39, 0.29) is 11.9 Å². The number of rotatable bonds is 4. The van der Waals surface area contributed by atoms with Crippen LogP contribution in [0.5, 0.6) is 5.75 Å². The molecule has 1 N–H and O–H groups in total. The molecular weight excluding hydrogens is 422 g/mol. The molecule has 174 valence electrons. The number of fused-ring (bicyclic) bond motifs is 3. The zero-order valence-corrected chi connectivity index (χ0v) is 19.2. The van der Waals surface area contributed by atoms with Gasteiger partial charge in [0.2, 0.25) is 0 Å². The molecule has 0 aliphatic heterocycles. The maximum absolute atomic E-state index is 12.7. The standard InChI is InChI=1S/C26H29NO6/c1-26(2,3)33-25(30)27-15-16-8-10-17(11-9-16)23(28)31-18-12-13-20-19-6-4-5-7-21(19)24(29)32-22(20)14-18/h4-7,12-14,16-17H,8-11,15H2,1-3H3,(H,27,30). The molecule has 1 aliphatic carbocycles. The van der Waals surface area contributed by atoms with Crippen LogP contribution in [0.1, 0.15) is 46.5 Å². The summed E-state index contributed by atoms with van der Waals surface area (Å²) in [5, 5.41) is 4.93. The van der Waals surface area contributed by atoms with Crippen LogP contribution in [0.2, 0.25) is 0 Å². The minimum atomic E-state index is -0.524. The summed E-state index contributed by atoms with van der Waals surface area (Å²) in [6.45, 7) is 6.02. The highest BCUT2D eigenvalue weighted by Gasteiger charge is 2.28. The molecule has 4 rings (SSSR count). The van der Waals surface area contributed by atoms with E-state index in [0.717, 1.165) is 23.6 Å². The average Bonchev–Trinajstić information content (AvgIpc) is 2.77. The van der Waals surface area contributed by atoms with Crippen LogP contribution in [-0.4, -0.2) is 24.2 Å². The van der Waals surface area contributed by atoms with Gasteiger partial charge in [-0.25, -0.2) is 9.59 Å². The molecular formula is C26H29NO6. The van der Waals surface area contributed by atoms with Crippen molar-refractivity contribution in [2.45, 2.75) is 52.1 Å². The summed E-state index contributed by atoms with van der Waals surface area (Å²) in [6, 6.07) is 12.4. The Kier molecular flexibility index (Phi) is 6.40. The maximum atomic E-state index is 12.7. The number of hydrogen-bond donors (Lipinski definition) is 1. The Balaban J connectivity index is 1.34. The van der Waals surface area contributed by atoms with Gasteiger partial charge in [0.1, 0.15) is 16.9 Å². The third kappa shape index (κ3) is 5.53. The zero-order chi connectivity index (χ0) is 23.6. The minimum absolute atomic E-state index is 0.193. The molecule has 0 atom stereocenters. The fraction of sp³-hybridized carbons (Fsp3) is 0.423. The SMILES string of the molecule is CC(C)(C)OC(=O)NCC1CCC(C(=O)Oc2ccc3c(c2)oc(=O)c2ccccc23)CC1. The molecule has 33 heavy (non-hydrogen) atoms. The lowest BCUT2D eigenvalue weighted by Gasteiger charge is -2.28. The number of nitrogens with one attached hydrogen (secondary N) is 1. The highest BCUT2D eigenvalue weighted by molar-refractivity contribution is 6.04. The van der Waals surface area contributed by atoms with Gasteiger partial charge in [0.05, 0.1) is 11.3 Å². The second-order valence-corrected chi connectivity index (χ2v) is 9.61. The van der Waals surface area contributed by atoms with Gasteiger partial charge in [-0.3, -0.25) is 4.79 Å². The smallest absolute Gasteiger partial charge is 0.407 e. The van der Waals surface area contributed by atoms with Gasteiger partial charge < -0.3 is 19.2 Å². The predicted octanol–water partition coefficient (Wildman–Crippen LogP) is 5.18. The van der Waals surface area contributed by atoms with E-state index < -0.39 is 17.3 Å². The molecule has 1 heterocycles. The lowest BCUT2D eigenvalue weighted by molar-refractivity contribution is -0.140. The van der Waals surface area contributed by atoms with Crippen LogP contribution in [0.3, 0.4) is 0 Å². The van der Waals surface area contributed by atoms with Gasteiger partial charge in [0.25, 0.3) is 0 Å². The third-order valence-electron chi connectivity index (χ3n) is 5.93. The van der Waals surface area contributed by atoms with Crippen LogP contribution in [0.4, 0.5) is 4.79 Å². The summed E-state index contributed by atoms with van der Waals surface area (Å²) >= 11 is 0. The first-order valence-corrected chi connectivity index (χ1v) is 11.3. The zero-order valence-electron chi connectivity index (χ0n) is 19.2. The van der Waals surface area contributed by atoms with Gasteiger partial charge in [-0.2, -0.15) is 0 Å². The van der Waals surface area contributed by atoms with Crippen molar-refractivity contribution in [3.63, 3.8) is 0 Å². The Labute approximate surface area is 192 Å². The first kappa shape index (κ1) is 22.8. The third-order valence-corrected chi connectivity index (χ3v) is 5.93. The van der Waals surface area contributed by atoms with E-state index in [1.54, 1.807) is 24.3 Å². The predicted molar refractivity (Wildman–Crippen MR) is 125 cm³/mol. The van der Waals surface area contributed by atoms with Crippen molar-refractivity contribution in [3.05, 3.63) is 52.9 Å². The van der Waals surface area contributed by atoms with Gasteiger partial charge in [0.15, 0.2) is 0 Å². The van der Waals surface area contributed by atoms with Crippen molar-refractivity contribution in [3.8, 4) is 5.75 Å². The molecule has 1 saturated carbocycles. The van der Waals surface area contributed by atoms with Crippen molar-refractivity contribution in [2.75, 3.05) is 6.54 Å². The molecule has 0 bridgehead atoms. The molecule has 3 aromatic rings. The first-order valence-electron chi connectivity index (χ1n) is 11.3. The van der Waals surface area contributed by atoms with Crippen molar-refractivity contribution >= 4 is 33.8 Å². The average molecular weight is 452 g/mol. The molecule has 0 unspecified atom stereocenters. The number of ether oxygens (including phenoxy) is 2. The van der Waals surface area contributed by atoms with E-state index in [1.807, 2.05) is 39.0 Å². The van der Waals surface area contributed by atoms with E-state index in [1.165, 1.54) is 0 Å². The lowest BCUT2D eigenvalue weighted by Crippen LogP contribution is -2.36. The lowest BCUT2D eigenvalue weighted by atomic mass is 9.82. The van der Waals surface area contributed by atoms with Crippen LogP contribution in [-0.2, 0) is 9.53 Å². The van der Waals surface area contributed by atoms with Crippen LogP contribution < -0.4 is 15.7 Å². The molecule has 1 amide bonds. The largest absolute Gasteiger partial charge is 0.444 e. The number of carbonyl (C=O) groups excluding carboxylic acids is 2. The van der Waals surface area contributed by atoms with Crippen molar-refractivity contribution < 1.29 is 23.5 Å². The van der Waals surface area contributed by atoms with Crippen molar-refractivity contribution in [1.29, 1.82) is 0 Å². The van der Waals surface area contributed by atoms with E-state index >= 15 is 0 Å². The highest BCUT2D eigenvalue weighted by atomic mass is 16.6.